The van der Waals surface area contributed by atoms with Gasteiger partial charge in [0.1, 0.15) is 34.5 Å². The second kappa shape index (κ2) is 50.2. The van der Waals surface area contributed by atoms with Crippen LogP contribution < -0.4 is 46.1 Å². The maximum atomic E-state index is 11.3. The number of phenols is 1. The molecule has 0 aliphatic carbocycles. The molecule has 0 fully saturated rings. The number of halogens is 7. The molecule has 6 aliphatic heterocycles. The van der Waals surface area contributed by atoms with E-state index in [2.05, 4.69) is 152 Å². The number of carbonyl (C=O) groups is 3. The van der Waals surface area contributed by atoms with Crippen LogP contribution in [0.5, 0.6) is 34.5 Å². The second-order valence-corrected chi connectivity index (χ2v) is 34.9. The summed E-state index contributed by atoms with van der Waals surface area (Å²) in [5.74, 6) is 5.87. The molecule has 0 aromatic heterocycles. The van der Waals surface area contributed by atoms with Crippen molar-refractivity contribution in [2.45, 2.75) is 69.6 Å². The first-order valence-corrected chi connectivity index (χ1v) is 43.1. The van der Waals surface area contributed by atoms with Crippen LogP contribution in [0, 0.1) is 29.4 Å². The van der Waals surface area contributed by atoms with Crippen molar-refractivity contribution < 1.29 is 78.3 Å². The molecule has 0 saturated carbocycles. The van der Waals surface area contributed by atoms with E-state index in [1.807, 2.05) is 109 Å². The van der Waals surface area contributed by atoms with E-state index in [1.54, 1.807) is 86.3 Å². The van der Waals surface area contributed by atoms with Crippen LogP contribution in [0.4, 0.5) is 5.69 Å². The predicted molar refractivity (Wildman–Crippen MR) is 471 cm³/mol. The lowest BCUT2D eigenvalue weighted by atomic mass is 9.80. The van der Waals surface area contributed by atoms with Crippen molar-refractivity contribution in [2.75, 3.05) is 59.5 Å². The number of nitriles is 2. The average molecular weight is 2010 g/mol. The molecule has 0 bridgehead atoms. The minimum Gasteiger partial charge on any atom is -0.508 e. The number of benzene rings is 8. The fourth-order valence-corrected chi connectivity index (χ4v) is 12.6. The topological polar surface area (TPSA) is 409 Å². The lowest BCUT2D eigenvalue weighted by Crippen LogP contribution is -2.35. The van der Waals surface area contributed by atoms with E-state index >= 15 is 0 Å². The standard InChI is InChI=1S/C18H16N4O2.C11H12BrN3O2.C10H7BrN2O.C9H9BrO3.C9H7BrO2.C7H6BNO2.C6H5BrO.C5H11NSi.C3H5BrO2.CH5NO.ClH/c1-20-14-5-3-4-12(10-14)13-6-7-16-15(11-13)18(8-9-23-16)21-17(19)22(2)24-18;1-15-10(13)14-11(17-15)4-5-16-9-3-2-7(12)6-8(9)11;11-7-1-2-10-8(5-7)9(13-6-12)3-4-14-10;10-7-1-3-8(4-2-7)13-6-5-9(11)12;10-6-1-2-9-7(5-6)8(11)3-4-12-9;9-5-6-2-1-3-7(4-6)8(10)11;7-5-1-3-6(8)4-2-5;1-5-6-7(2,3)4;4-2-1-3(5)6;1-2-3;/h3-7,10-11H,8-9H2,2H3,(H2,19,21);2-3,6H,4-5H2,1H3,(H2,13,14);1-2,5H,3-4H2;1-4H,5-6H2,(H,11,12);1-2,5H,3-4H2;1-4,10-11H;1-4,8H;1H2,2-4H3;1-2H2,(H,5,6);2-3H,1H3;1H. The van der Waals surface area contributed by atoms with Crippen LogP contribution in [0.15, 0.2) is 218 Å². The van der Waals surface area contributed by atoms with Gasteiger partial charge in [0.15, 0.2) is 19.7 Å². The van der Waals surface area contributed by atoms with Crippen molar-refractivity contribution >= 4 is 176 Å². The Labute approximate surface area is 730 Å². The summed E-state index contributed by atoms with van der Waals surface area (Å²) >= 11 is 19.6. The number of nitrogens with two attached hydrogens (primary N) is 2. The van der Waals surface area contributed by atoms with Crippen molar-refractivity contribution in [3.05, 3.63) is 238 Å². The van der Waals surface area contributed by atoms with Gasteiger partial charge in [0, 0.05) is 80.1 Å². The van der Waals surface area contributed by atoms with Crippen molar-refractivity contribution in [2.24, 2.45) is 31.1 Å². The molecule has 8 aromatic rings. The van der Waals surface area contributed by atoms with Crippen molar-refractivity contribution in [1.29, 1.82) is 10.5 Å². The summed E-state index contributed by atoms with van der Waals surface area (Å²) in [6, 6.07) is 52.6. The van der Waals surface area contributed by atoms with E-state index in [4.69, 9.17) is 92.5 Å². The highest BCUT2D eigenvalue weighted by atomic mass is 79.9. The molecule has 11 N–H and O–H groups in total. The molecule has 0 amide bonds. The highest BCUT2D eigenvalue weighted by Gasteiger charge is 2.47. The Morgan fingerprint density at radius 3 is 1.61 bits per heavy atom. The smallest absolute Gasteiger partial charge is 0.488 e. The van der Waals surface area contributed by atoms with Gasteiger partial charge < -0.3 is 65.7 Å². The number of hydrogen-bond acceptors (Lipinski definition) is 25. The summed E-state index contributed by atoms with van der Waals surface area (Å²) in [6.07, 6.45) is 4.48. The van der Waals surface area contributed by atoms with Gasteiger partial charge in [-0.1, -0.05) is 132 Å². The van der Waals surface area contributed by atoms with Crippen LogP contribution in [0.3, 0.4) is 0 Å². The summed E-state index contributed by atoms with van der Waals surface area (Å²) in [6.45, 7) is 19.4. The first-order chi connectivity index (χ1) is 54.7. The number of fused-ring (bicyclic) bond motifs is 6. The van der Waals surface area contributed by atoms with Crippen molar-refractivity contribution in [1.82, 2.24) is 15.6 Å². The zero-order chi connectivity index (χ0) is 84.8. The van der Waals surface area contributed by atoms with Crippen molar-refractivity contribution in [3.8, 4) is 57.9 Å². The molecule has 0 radical (unpaired) electrons. The lowest BCUT2D eigenvalue weighted by molar-refractivity contribution is -0.184. The molecule has 37 heteroatoms. The van der Waals surface area contributed by atoms with E-state index in [-0.39, 0.29) is 37.6 Å². The number of alkyl halides is 1. The first kappa shape index (κ1) is 98.9. The van der Waals surface area contributed by atoms with Gasteiger partial charge in [0.25, 0.3) is 0 Å². The number of Topliss-reactive ketones (excluding diaryl/α,β-unsaturated/α-hetero) is 1. The Morgan fingerprint density at radius 2 is 1.15 bits per heavy atom. The number of carbonyl (C=O) groups excluding carboxylic acids is 1. The molecular weight excluding hydrogens is 1930 g/mol. The number of guanidine groups is 2. The third-order valence-corrected chi connectivity index (χ3v) is 19.2. The van der Waals surface area contributed by atoms with Gasteiger partial charge in [-0.3, -0.25) is 19.0 Å². The largest absolute Gasteiger partial charge is 0.508 e. The Bertz CT molecular complexity index is 4860. The molecule has 8 aromatic carbocycles. The van der Waals surface area contributed by atoms with Gasteiger partial charge in [-0.05, 0) is 182 Å². The van der Waals surface area contributed by atoms with Gasteiger partial charge in [0.05, 0.1) is 86.5 Å². The van der Waals surface area contributed by atoms with Crippen LogP contribution in [-0.4, -0.2) is 157 Å². The highest BCUT2D eigenvalue weighted by molar-refractivity contribution is 9.11. The van der Waals surface area contributed by atoms with Crippen molar-refractivity contribution in [3.63, 3.8) is 0 Å². The van der Waals surface area contributed by atoms with Crippen LogP contribution in [0.25, 0.3) is 16.0 Å². The zero-order valence-electron chi connectivity index (χ0n) is 63.6. The summed E-state index contributed by atoms with van der Waals surface area (Å²) in [5.41, 5.74) is 19.4. The highest BCUT2D eigenvalue weighted by Crippen LogP contribution is 2.47. The number of hydrogen-bond donors (Lipinski definition) is 9. The maximum Gasteiger partial charge on any atom is 0.488 e. The predicted octanol–water partition coefficient (Wildman–Crippen LogP) is 15.8. The number of nitrogens with one attached hydrogen (secondary N) is 1. The number of carboxylic acid groups (broad SMARTS) is 2. The van der Waals surface area contributed by atoms with Crippen LogP contribution in [0.2, 0.25) is 19.6 Å². The van der Waals surface area contributed by atoms with E-state index in [9.17, 15) is 14.4 Å². The molecule has 14 rings (SSSR count). The first-order valence-electron chi connectivity index (χ1n) is 34.6. The number of ketones is 1. The summed E-state index contributed by atoms with van der Waals surface area (Å²) < 4.78 is 36.1. The lowest BCUT2D eigenvalue weighted by Gasteiger charge is -2.32. The third kappa shape index (κ3) is 32.9. The molecule has 0 saturated heterocycles. The van der Waals surface area contributed by atoms with Gasteiger partial charge >= 0.3 is 19.1 Å². The number of rotatable bonds is 9. The van der Waals surface area contributed by atoms with Gasteiger partial charge in [0.2, 0.25) is 29.6 Å². The number of aliphatic carboxylic acids is 2. The monoisotopic (exact) mass is 2000 g/mol. The number of carboxylic acids is 2. The van der Waals surface area contributed by atoms with Crippen LogP contribution >= 0.6 is 108 Å². The normalized spacial score (nSPS) is 15.8. The molecule has 116 heavy (non-hydrogen) atoms. The fourth-order valence-electron chi connectivity index (χ4n) is 10.2. The minimum atomic E-state index is -1.50. The van der Waals surface area contributed by atoms with Gasteiger partial charge in [-0.25, -0.2) is 40.1 Å². The molecule has 6 heterocycles. The minimum absolute atomic E-state index is 0. The molecular formula is C79H84BBr6ClN12O16Si. The van der Waals surface area contributed by atoms with Gasteiger partial charge in [-0.2, -0.15) is 15.5 Å². The number of ether oxygens (including phenoxy) is 5. The number of nitrogens with zero attached hydrogens (tertiary/aromatic N) is 9. The molecule has 2 spiro atoms. The maximum absolute atomic E-state index is 11.3. The Balaban J connectivity index is 0.000000281. The molecule has 2 unspecified atom stereocenters. The number of phenolic OH excluding ortho intramolecular Hbond substituents is 1. The molecule has 612 valence electrons. The van der Waals surface area contributed by atoms with E-state index in [0.29, 0.717) is 109 Å². The summed E-state index contributed by atoms with van der Waals surface area (Å²) in [7, 11) is 2.22. The Hall–Kier alpha value is -9.49. The number of aliphatic imine (C=N–C) groups is 3. The SMILES string of the molecule is C=C=N[Si](C)(C)C.CN1OC2(CCOc3ccc(Br)cc32)N=C1N.CNO.Cl.N#CN=C1CCOc2ccc(Br)cc21.N#Cc1cccc(B(O)O)c1.O=C(O)CCBr.O=C(O)CCOc1ccc(Br)cc1.O=C1CCOc2ccc(Br)cc21.Oc1ccc(Br)cc1.[C-]#[N+]c1cccc(-c2ccc3c(c2)C2(CCO3)N=C(N)N(C)O2)c1. The third-order valence-electron chi connectivity index (χ3n) is 15.4. The number of aromatic hydroxyl groups is 1. The zero-order valence-corrected chi connectivity index (χ0v) is 74.9. The molecule has 2 atom stereocenters. The quantitative estimate of drug-likeness (QED) is 0.0162. The molecule has 28 nitrogen and oxygen atoms in total. The Kier molecular flexibility index (Phi) is 42.8. The van der Waals surface area contributed by atoms with Crippen LogP contribution in [0.1, 0.15) is 71.1 Å². The Morgan fingerprint density at radius 1 is 0.672 bits per heavy atom. The summed E-state index contributed by atoms with van der Waals surface area (Å²) in [4.78, 5) is 59.0. The second-order valence-electron chi connectivity index (χ2n) is 25.0. The molecule has 6 aliphatic rings. The van der Waals surface area contributed by atoms with E-state index in [0.717, 1.165) is 73.1 Å². The van der Waals surface area contributed by atoms with E-state index in [1.165, 1.54) is 23.2 Å². The summed E-state index contributed by atoms with van der Waals surface area (Å²) in [5, 5.41) is 70.1. The van der Waals surface area contributed by atoms with Gasteiger partial charge in [-0.15, -0.1) is 12.4 Å². The average Bonchev–Trinajstić information content (AvgIpc) is 1.50. The van der Waals surface area contributed by atoms with Crippen LogP contribution in [-0.2, 0) is 30.7 Å². The van der Waals surface area contributed by atoms with E-state index < -0.39 is 38.7 Å². The fraction of sp³-hybridized carbons (Fsp3) is 0.253. The number of hydroxylamine groups is 5.